The summed E-state index contributed by atoms with van der Waals surface area (Å²) in [6, 6.07) is 9.38. The molecule has 38 heavy (non-hydrogen) atoms. The fourth-order valence-corrected chi connectivity index (χ4v) is 6.10. The van der Waals surface area contributed by atoms with E-state index in [1.54, 1.807) is 23.2 Å². The number of anilines is 2. The lowest BCUT2D eigenvalue weighted by Crippen LogP contribution is -2.57. The van der Waals surface area contributed by atoms with Crippen LogP contribution in [0.1, 0.15) is 40.0 Å². The van der Waals surface area contributed by atoms with Gasteiger partial charge in [-0.3, -0.25) is 19.5 Å². The van der Waals surface area contributed by atoms with E-state index in [1.807, 2.05) is 19.9 Å². The number of hydrogen-bond acceptors (Lipinski definition) is 5. The molecular formula is C28H25F3N4O3. The van der Waals surface area contributed by atoms with Gasteiger partial charge in [-0.1, -0.05) is 6.07 Å². The van der Waals surface area contributed by atoms with E-state index in [1.165, 1.54) is 6.07 Å². The second-order valence-electron chi connectivity index (χ2n) is 10.0. The molecule has 2 amide bonds. The lowest BCUT2D eigenvalue weighted by atomic mass is 9.54. The van der Waals surface area contributed by atoms with Crippen molar-refractivity contribution in [3.05, 3.63) is 71.2 Å². The van der Waals surface area contributed by atoms with Gasteiger partial charge in [-0.05, 0) is 61.2 Å². The summed E-state index contributed by atoms with van der Waals surface area (Å²) in [7, 11) is 0. The number of fused-ring (bicyclic) bond motifs is 6. The lowest BCUT2D eigenvalue weighted by Gasteiger charge is -2.52. The zero-order valence-electron chi connectivity index (χ0n) is 20.7. The summed E-state index contributed by atoms with van der Waals surface area (Å²) in [5.41, 5.74) is 2.82. The van der Waals surface area contributed by atoms with Crippen molar-refractivity contribution in [1.82, 2.24) is 9.97 Å². The number of alkyl halides is 3. The van der Waals surface area contributed by atoms with Crippen LogP contribution in [0, 0.1) is 24.7 Å². The Labute approximate surface area is 217 Å². The van der Waals surface area contributed by atoms with Gasteiger partial charge < -0.3 is 10.1 Å². The molecule has 10 heteroatoms. The molecule has 1 aliphatic carbocycles. The Morgan fingerprint density at radius 3 is 2.61 bits per heavy atom. The van der Waals surface area contributed by atoms with Gasteiger partial charge in [0.1, 0.15) is 11.5 Å². The highest BCUT2D eigenvalue weighted by Crippen LogP contribution is 2.60. The van der Waals surface area contributed by atoms with Crippen molar-refractivity contribution in [1.29, 1.82) is 0 Å². The first kappa shape index (κ1) is 24.5. The predicted octanol–water partition coefficient (Wildman–Crippen LogP) is 5.07. The molecule has 2 fully saturated rings. The van der Waals surface area contributed by atoms with Crippen LogP contribution in [0.15, 0.2) is 48.8 Å². The molecule has 2 aliphatic heterocycles. The van der Waals surface area contributed by atoms with Crippen molar-refractivity contribution in [3.8, 4) is 11.1 Å². The maximum absolute atomic E-state index is 13.2. The van der Waals surface area contributed by atoms with E-state index in [9.17, 15) is 22.8 Å². The van der Waals surface area contributed by atoms with E-state index in [4.69, 9.17) is 9.72 Å². The first-order valence-electron chi connectivity index (χ1n) is 12.5. The molecule has 196 valence electrons. The fraction of sp³-hybridized carbons (Fsp3) is 0.357. The van der Waals surface area contributed by atoms with Crippen LogP contribution in [0.25, 0.3) is 11.1 Å². The van der Waals surface area contributed by atoms with Crippen LogP contribution in [0.3, 0.4) is 0 Å². The van der Waals surface area contributed by atoms with Gasteiger partial charge in [0.15, 0.2) is 0 Å². The minimum Gasteiger partial charge on any atom is -0.381 e. The van der Waals surface area contributed by atoms with Crippen LogP contribution in [0.5, 0.6) is 0 Å². The van der Waals surface area contributed by atoms with Gasteiger partial charge in [0.05, 0.1) is 19.1 Å². The minimum atomic E-state index is -4.64. The van der Waals surface area contributed by atoms with E-state index >= 15 is 0 Å². The van der Waals surface area contributed by atoms with Gasteiger partial charge in [-0.25, -0.2) is 4.98 Å². The number of aryl methyl sites for hydroxylation is 1. The van der Waals surface area contributed by atoms with Crippen molar-refractivity contribution >= 4 is 23.3 Å². The summed E-state index contributed by atoms with van der Waals surface area (Å²) in [6.45, 7) is 5.66. The molecule has 4 atom stereocenters. The second-order valence-corrected chi connectivity index (χ2v) is 10.0. The smallest absolute Gasteiger partial charge is 0.381 e. The summed E-state index contributed by atoms with van der Waals surface area (Å²) in [5.74, 6) is 0.643. The molecule has 0 bridgehead atoms. The van der Waals surface area contributed by atoms with Crippen LogP contribution < -0.4 is 10.2 Å². The summed E-state index contributed by atoms with van der Waals surface area (Å²) in [6.07, 6.45) is -1.95. The molecule has 1 aromatic carbocycles. The Morgan fingerprint density at radius 1 is 1.11 bits per heavy atom. The molecule has 6 rings (SSSR count). The highest BCUT2D eigenvalue weighted by atomic mass is 19.4. The first-order valence-corrected chi connectivity index (χ1v) is 12.5. The van der Waals surface area contributed by atoms with Crippen molar-refractivity contribution in [2.45, 2.75) is 25.9 Å². The molecule has 2 aromatic heterocycles. The molecule has 3 aliphatic rings. The standard InChI is InChI=1S/C28H25F3N4O3/c1-3-35-25-19(23-20-12-38-13-21(20)24(23)27(35)37)8-16(11-33-25)18-10-17(5-4-14(18)2)34-26(36)15-6-7-32-22(9-15)28(29,30)31/h4-11,20-21,23-24H,3,12-13H2,1-2H3,(H,34,36)/t20-,21+,23?,24-/m1/s1. The number of carbonyl (C=O) groups excluding carboxylic acids is 2. The van der Waals surface area contributed by atoms with Crippen LogP contribution in [0.2, 0.25) is 0 Å². The number of hydrogen-bond donors (Lipinski definition) is 1. The van der Waals surface area contributed by atoms with Crippen LogP contribution in [-0.4, -0.2) is 41.5 Å². The number of rotatable bonds is 4. The summed E-state index contributed by atoms with van der Waals surface area (Å²) in [4.78, 5) is 35.7. The highest BCUT2D eigenvalue weighted by Gasteiger charge is 2.60. The van der Waals surface area contributed by atoms with E-state index in [0.29, 0.717) is 37.2 Å². The molecule has 7 nitrogen and oxygen atoms in total. The average molecular weight is 523 g/mol. The van der Waals surface area contributed by atoms with Crippen molar-refractivity contribution in [2.24, 2.45) is 17.8 Å². The molecule has 1 unspecified atom stereocenters. The summed E-state index contributed by atoms with van der Waals surface area (Å²) >= 11 is 0. The maximum Gasteiger partial charge on any atom is 0.433 e. The third-order valence-electron chi connectivity index (χ3n) is 7.98. The van der Waals surface area contributed by atoms with Crippen LogP contribution in [-0.2, 0) is 15.7 Å². The van der Waals surface area contributed by atoms with Gasteiger partial charge in [0.25, 0.3) is 5.91 Å². The monoisotopic (exact) mass is 522 g/mol. The minimum absolute atomic E-state index is 0.0676. The zero-order chi connectivity index (χ0) is 26.8. The van der Waals surface area contributed by atoms with Crippen LogP contribution in [0.4, 0.5) is 24.7 Å². The summed E-state index contributed by atoms with van der Waals surface area (Å²) in [5, 5.41) is 2.69. The van der Waals surface area contributed by atoms with Crippen molar-refractivity contribution in [3.63, 3.8) is 0 Å². The van der Waals surface area contributed by atoms with E-state index in [2.05, 4.69) is 16.4 Å². The first-order chi connectivity index (χ1) is 18.2. The number of nitrogens with one attached hydrogen (secondary N) is 1. The predicted molar refractivity (Wildman–Crippen MR) is 134 cm³/mol. The van der Waals surface area contributed by atoms with Gasteiger partial charge in [-0.15, -0.1) is 0 Å². The Hall–Kier alpha value is -3.79. The van der Waals surface area contributed by atoms with Gasteiger partial charge in [0.2, 0.25) is 5.91 Å². The normalized spacial score (nSPS) is 23.8. The number of pyridine rings is 2. The molecule has 1 saturated carbocycles. The van der Waals surface area contributed by atoms with Gasteiger partial charge >= 0.3 is 6.18 Å². The quantitative estimate of drug-likeness (QED) is 0.518. The fourth-order valence-electron chi connectivity index (χ4n) is 6.10. The Bertz CT molecular complexity index is 1460. The highest BCUT2D eigenvalue weighted by molar-refractivity contribution is 6.04. The molecule has 3 aromatic rings. The van der Waals surface area contributed by atoms with Crippen molar-refractivity contribution < 1.29 is 27.5 Å². The number of benzene rings is 1. The average Bonchev–Trinajstić information content (AvgIpc) is 3.28. The number of ether oxygens (including phenoxy) is 1. The number of amides is 2. The molecule has 0 spiro atoms. The van der Waals surface area contributed by atoms with E-state index in [-0.39, 0.29) is 29.2 Å². The summed E-state index contributed by atoms with van der Waals surface area (Å²) < 4.78 is 44.8. The topological polar surface area (TPSA) is 84.4 Å². The SMILES string of the molecule is CCN1C(=O)[C@H]2C(c3cc(-c4cc(NC(=O)c5ccnc(C(F)(F)F)c5)ccc4C)cnc31)[C@@H]1COC[C@@H]12. The molecular weight excluding hydrogens is 497 g/mol. The van der Waals surface area contributed by atoms with E-state index in [0.717, 1.165) is 34.5 Å². The largest absolute Gasteiger partial charge is 0.433 e. The molecule has 1 N–H and O–H groups in total. The van der Waals surface area contributed by atoms with Crippen molar-refractivity contribution in [2.75, 3.05) is 30.0 Å². The molecule has 0 radical (unpaired) electrons. The second kappa shape index (κ2) is 8.90. The van der Waals surface area contributed by atoms with Gasteiger partial charge in [-0.2, -0.15) is 13.2 Å². The lowest BCUT2D eigenvalue weighted by molar-refractivity contribution is -0.141. The number of carbonyl (C=O) groups is 2. The Morgan fingerprint density at radius 2 is 1.87 bits per heavy atom. The Kier molecular flexibility index (Phi) is 5.75. The number of aromatic nitrogens is 2. The molecule has 4 heterocycles. The number of nitrogens with zero attached hydrogens (tertiary/aromatic N) is 3. The molecule has 1 saturated heterocycles. The Balaban J connectivity index is 1.32. The maximum atomic E-state index is 13.2. The van der Waals surface area contributed by atoms with Crippen LogP contribution >= 0.6 is 0 Å². The number of halogens is 3. The van der Waals surface area contributed by atoms with E-state index < -0.39 is 17.8 Å². The third kappa shape index (κ3) is 3.86. The third-order valence-corrected chi connectivity index (χ3v) is 7.98. The zero-order valence-corrected chi connectivity index (χ0v) is 20.7. The van der Waals surface area contributed by atoms with Gasteiger partial charge in [0, 0.05) is 53.2 Å².